The fourth-order valence-corrected chi connectivity index (χ4v) is 4.10. The number of hydrogen-bond acceptors (Lipinski definition) is 4. The van der Waals surface area contributed by atoms with Crippen molar-refractivity contribution in [2.45, 2.75) is 33.1 Å². The Hall–Kier alpha value is -2.17. The maximum absolute atomic E-state index is 12.9. The molecule has 122 valence electrons. The maximum Gasteiger partial charge on any atom is 0.339 e. The first-order valence-electron chi connectivity index (χ1n) is 7.86. The van der Waals surface area contributed by atoms with E-state index in [0.29, 0.717) is 24.1 Å². The van der Waals surface area contributed by atoms with Crippen molar-refractivity contribution in [2.24, 2.45) is 16.7 Å². The number of carbonyl (C=O) groups is 3. The second kappa shape index (κ2) is 5.18. The molecule has 2 bridgehead atoms. The minimum Gasteiger partial charge on any atom is -0.465 e. The highest BCUT2D eigenvalue weighted by atomic mass is 16.5. The molecule has 0 spiro atoms. The molecule has 2 aliphatic carbocycles. The van der Waals surface area contributed by atoms with Crippen LogP contribution in [0.25, 0.3) is 0 Å². The number of ether oxygens (including phenoxy) is 1. The Kier molecular flexibility index (Phi) is 3.54. The molecule has 5 nitrogen and oxygen atoms in total. The summed E-state index contributed by atoms with van der Waals surface area (Å²) in [7, 11) is 1.30. The number of carbonyl (C=O) groups excluding carboxylic acids is 3. The van der Waals surface area contributed by atoms with Gasteiger partial charge in [-0.25, -0.2) is 4.79 Å². The average Bonchev–Trinajstić information content (AvgIpc) is 3.07. The summed E-state index contributed by atoms with van der Waals surface area (Å²) >= 11 is 0. The number of nitrogens with one attached hydrogen (secondary N) is 1. The molecule has 0 aromatic heterocycles. The molecular weight excluding hydrogens is 294 g/mol. The van der Waals surface area contributed by atoms with E-state index in [-0.39, 0.29) is 17.6 Å². The van der Waals surface area contributed by atoms with E-state index < -0.39 is 16.8 Å². The number of esters is 1. The Morgan fingerprint density at radius 1 is 1.26 bits per heavy atom. The fraction of sp³-hybridized carbons (Fsp3) is 0.500. The smallest absolute Gasteiger partial charge is 0.339 e. The monoisotopic (exact) mass is 315 g/mol. The number of ketones is 1. The number of rotatable bonds is 3. The molecule has 0 heterocycles. The predicted octanol–water partition coefficient (Wildman–Crippen LogP) is 2.81. The molecule has 0 radical (unpaired) electrons. The largest absolute Gasteiger partial charge is 0.465 e. The molecule has 2 fully saturated rings. The Balaban J connectivity index is 1.89. The summed E-state index contributed by atoms with van der Waals surface area (Å²) in [6, 6.07) is 6.68. The molecule has 1 aromatic rings. The van der Waals surface area contributed by atoms with Crippen LogP contribution in [-0.2, 0) is 14.3 Å². The topological polar surface area (TPSA) is 72.5 Å². The maximum atomic E-state index is 12.9. The van der Waals surface area contributed by atoms with Gasteiger partial charge < -0.3 is 10.1 Å². The molecule has 2 atom stereocenters. The molecule has 0 aliphatic heterocycles. The number of benzene rings is 1. The quantitative estimate of drug-likeness (QED) is 0.687. The summed E-state index contributed by atoms with van der Waals surface area (Å²) in [5.74, 6) is -0.529. The molecular formula is C18H21NO4. The van der Waals surface area contributed by atoms with Gasteiger partial charge >= 0.3 is 5.97 Å². The molecule has 1 N–H and O–H groups in total. The lowest BCUT2D eigenvalue weighted by Crippen LogP contribution is -2.44. The summed E-state index contributed by atoms with van der Waals surface area (Å²) in [5.41, 5.74) is -0.715. The summed E-state index contributed by atoms with van der Waals surface area (Å²) in [6.45, 7) is 3.85. The second-order valence-corrected chi connectivity index (χ2v) is 7.06. The molecule has 5 heteroatoms. The number of hydrogen-bond donors (Lipinski definition) is 1. The number of para-hydroxylation sites is 1. The average molecular weight is 315 g/mol. The van der Waals surface area contributed by atoms with Crippen molar-refractivity contribution in [3.63, 3.8) is 0 Å². The second-order valence-electron chi connectivity index (χ2n) is 7.06. The number of fused-ring (bicyclic) bond motifs is 2. The van der Waals surface area contributed by atoms with Gasteiger partial charge in [-0.15, -0.1) is 0 Å². The van der Waals surface area contributed by atoms with Crippen molar-refractivity contribution in [1.82, 2.24) is 0 Å². The molecule has 2 saturated carbocycles. The highest BCUT2D eigenvalue weighted by Crippen LogP contribution is 2.60. The van der Waals surface area contributed by atoms with Crippen molar-refractivity contribution in [1.29, 1.82) is 0 Å². The van der Waals surface area contributed by atoms with Crippen molar-refractivity contribution < 1.29 is 19.1 Å². The molecule has 23 heavy (non-hydrogen) atoms. The van der Waals surface area contributed by atoms with E-state index in [1.54, 1.807) is 24.3 Å². The van der Waals surface area contributed by atoms with Crippen LogP contribution < -0.4 is 5.32 Å². The van der Waals surface area contributed by atoms with Crippen LogP contribution in [0.1, 0.15) is 43.5 Å². The first-order valence-corrected chi connectivity index (χ1v) is 7.86. The van der Waals surface area contributed by atoms with E-state index in [1.165, 1.54) is 7.11 Å². The van der Waals surface area contributed by atoms with E-state index >= 15 is 0 Å². The Morgan fingerprint density at radius 3 is 2.57 bits per heavy atom. The van der Waals surface area contributed by atoms with Gasteiger partial charge in [-0.1, -0.05) is 26.0 Å². The fourth-order valence-electron chi connectivity index (χ4n) is 4.10. The molecule has 2 aliphatic rings. The Morgan fingerprint density at radius 2 is 1.96 bits per heavy atom. The third-order valence-electron chi connectivity index (χ3n) is 5.57. The third kappa shape index (κ3) is 2.18. The van der Waals surface area contributed by atoms with Crippen LogP contribution in [0.2, 0.25) is 0 Å². The number of methoxy groups -OCH3 is 1. The Bertz CT molecular complexity index is 694. The van der Waals surface area contributed by atoms with Gasteiger partial charge in [-0.3, -0.25) is 9.59 Å². The zero-order valence-electron chi connectivity index (χ0n) is 13.6. The van der Waals surface area contributed by atoms with Gasteiger partial charge in [0, 0.05) is 5.41 Å². The van der Waals surface area contributed by atoms with Gasteiger partial charge in [0.25, 0.3) is 0 Å². The highest BCUT2D eigenvalue weighted by Gasteiger charge is 2.65. The van der Waals surface area contributed by atoms with E-state index in [9.17, 15) is 14.4 Å². The number of amides is 1. The van der Waals surface area contributed by atoms with E-state index in [0.717, 1.165) is 6.42 Å². The lowest BCUT2D eigenvalue weighted by atomic mass is 9.70. The highest BCUT2D eigenvalue weighted by molar-refractivity contribution is 6.16. The minimum atomic E-state index is -0.947. The van der Waals surface area contributed by atoms with Crippen LogP contribution in [-0.4, -0.2) is 24.8 Å². The van der Waals surface area contributed by atoms with Crippen LogP contribution >= 0.6 is 0 Å². The van der Waals surface area contributed by atoms with Crippen LogP contribution in [0.5, 0.6) is 0 Å². The Labute approximate surface area is 135 Å². The zero-order chi connectivity index (χ0) is 16.8. The standard InChI is InChI=1S/C18H21NO4/c1-17(2)11-8-9-18(10-11,15(17)21)16(22)19-13-7-5-4-6-12(13)14(20)23-3/h4-7,11H,8-10H2,1-3H3,(H,19,22)/t11-,18+/m1/s1. The van der Waals surface area contributed by atoms with Crippen LogP contribution in [0, 0.1) is 16.7 Å². The van der Waals surface area contributed by atoms with Crippen molar-refractivity contribution in [3.05, 3.63) is 29.8 Å². The molecule has 1 aromatic carbocycles. The van der Waals surface area contributed by atoms with Gasteiger partial charge in [0.2, 0.25) is 5.91 Å². The van der Waals surface area contributed by atoms with Crippen molar-refractivity contribution in [3.8, 4) is 0 Å². The number of Topliss-reactive ketones (excluding diaryl/α,β-unsaturated/α-hetero) is 1. The summed E-state index contributed by atoms with van der Waals surface area (Å²) in [6.07, 6.45) is 2.09. The van der Waals surface area contributed by atoms with Crippen LogP contribution in [0.4, 0.5) is 5.69 Å². The van der Waals surface area contributed by atoms with Crippen molar-refractivity contribution in [2.75, 3.05) is 12.4 Å². The summed E-state index contributed by atoms with van der Waals surface area (Å²) < 4.78 is 4.74. The molecule has 0 saturated heterocycles. The lowest BCUT2D eigenvalue weighted by molar-refractivity contribution is -0.142. The van der Waals surface area contributed by atoms with Gasteiger partial charge in [0.15, 0.2) is 5.78 Å². The molecule has 3 rings (SSSR count). The predicted molar refractivity (Wildman–Crippen MR) is 85.0 cm³/mol. The van der Waals surface area contributed by atoms with Crippen molar-refractivity contribution >= 4 is 23.3 Å². The van der Waals surface area contributed by atoms with E-state index in [1.807, 2.05) is 13.8 Å². The number of anilines is 1. The first-order chi connectivity index (χ1) is 10.8. The normalized spacial score (nSPS) is 27.8. The summed E-state index contributed by atoms with van der Waals surface area (Å²) in [4.78, 5) is 37.5. The van der Waals surface area contributed by atoms with Gasteiger partial charge in [0.05, 0.1) is 18.4 Å². The van der Waals surface area contributed by atoms with E-state index in [4.69, 9.17) is 4.74 Å². The van der Waals surface area contributed by atoms with Crippen LogP contribution in [0.3, 0.4) is 0 Å². The minimum absolute atomic E-state index is 0.0225. The molecule has 1 amide bonds. The zero-order valence-corrected chi connectivity index (χ0v) is 13.6. The first kappa shape index (κ1) is 15.7. The lowest BCUT2D eigenvalue weighted by Gasteiger charge is -2.32. The van der Waals surface area contributed by atoms with Crippen LogP contribution in [0.15, 0.2) is 24.3 Å². The molecule has 0 unspecified atom stereocenters. The summed E-state index contributed by atoms with van der Waals surface area (Å²) in [5, 5.41) is 2.79. The van der Waals surface area contributed by atoms with Gasteiger partial charge in [-0.2, -0.15) is 0 Å². The SMILES string of the molecule is COC(=O)c1ccccc1NC(=O)[C@@]12CC[C@H](C1)C(C)(C)C2=O. The van der Waals surface area contributed by atoms with Gasteiger partial charge in [0.1, 0.15) is 5.41 Å². The third-order valence-corrected chi connectivity index (χ3v) is 5.57. The van der Waals surface area contributed by atoms with Gasteiger partial charge in [-0.05, 0) is 37.3 Å². The van der Waals surface area contributed by atoms with E-state index in [2.05, 4.69) is 5.32 Å².